The summed E-state index contributed by atoms with van der Waals surface area (Å²) < 4.78 is 5.58. The molecule has 4 rings (SSSR count). The van der Waals surface area contributed by atoms with E-state index >= 15 is 0 Å². The van der Waals surface area contributed by atoms with Crippen LogP contribution in [0.25, 0.3) is 17.2 Å². The van der Waals surface area contributed by atoms with Crippen LogP contribution in [-0.4, -0.2) is 19.2 Å². The van der Waals surface area contributed by atoms with Crippen LogP contribution >= 0.6 is 0 Å². The van der Waals surface area contributed by atoms with E-state index in [9.17, 15) is 4.79 Å². The lowest BCUT2D eigenvalue weighted by molar-refractivity contribution is 0.143. The van der Waals surface area contributed by atoms with E-state index in [1.165, 1.54) is 46.2 Å². The van der Waals surface area contributed by atoms with E-state index in [1.807, 2.05) is 12.1 Å². The first-order valence-corrected chi connectivity index (χ1v) is 11.6. The van der Waals surface area contributed by atoms with E-state index < -0.39 is 0 Å². The highest BCUT2D eigenvalue weighted by Crippen LogP contribution is 2.44. The lowest BCUT2D eigenvalue weighted by Crippen LogP contribution is -2.26. The number of hydrogen-bond acceptors (Lipinski definition) is 2. The molecule has 0 fully saturated rings. The molecule has 3 nitrogen and oxygen atoms in total. The maximum absolute atomic E-state index is 12.2. The van der Waals surface area contributed by atoms with Crippen molar-refractivity contribution < 1.29 is 9.53 Å². The van der Waals surface area contributed by atoms with Crippen LogP contribution in [0, 0.1) is 0 Å². The van der Waals surface area contributed by atoms with Gasteiger partial charge in [0.15, 0.2) is 0 Å². The summed E-state index contributed by atoms with van der Waals surface area (Å²) in [5, 5.41) is 2.86. The van der Waals surface area contributed by atoms with E-state index in [-0.39, 0.29) is 12.0 Å². The Morgan fingerprint density at radius 1 is 0.938 bits per heavy atom. The zero-order valence-electron chi connectivity index (χ0n) is 18.7. The van der Waals surface area contributed by atoms with Gasteiger partial charge in [-0.2, -0.15) is 0 Å². The third kappa shape index (κ3) is 5.28. The van der Waals surface area contributed by atoms with Gasteiger partial charge in [0.25, 0.3) is 0 Å². The van der Waals surface area contributed by atoms with Crippen molar-refractivity contribution >= 4 is 12.2 Å². The monoisotopic (exact) mass is 425 g/mol. The molecule has 3 heteroatoms. The van der Waals surface area contributed by atoms with Gasteiger partial charge in [0.05, 0.1) is 0 Å². The van der Waals surface area contributed by atoms with Gasteiger partial charge in [0, 0.05) is 12.5 Å². The van der Waals surface area contributed by atoms with Crippen molar-refractivity contribution in [1.29, 1.82) is 0 Å². The van der Waals surface area contributed by atoms with Gasteiger partial charge in [-0.3, -0.25) is 0 Å². The lowest BCUT2D eigenvalue weighted by atomic mass is 9.98. The molecule has 0 bridgehead atoms. The summed E-state index contributed by atoms with van der Waals surface area (Å²) in [4.78, 5) is 12.2. The third-order valence-corrected chi connectivity index (χ3v) is 6.03. The lowest BCUT2D eigenvalue weighted by Gasteiger charge is -2.14. The highest BCUT2D eigenvalue weighted by atomic mass is 16.5. The molecule has 1 aliphatic rings. The molecule has 0 saturated carbocycles. The predicted octanol–water partition coefficient (Wildman–Crippen LogP) is 6.97. The number of aryl methyl sites for hydroxylation is 1. The molecule has 0 aliphatic heterocycles. The van der Waals surface area contributed by atoms with Gasteiger partial charge < -0.3 is 10.1 Å². The van der Waals surface area contributed by atoms with E-state index in [4.69, 9.17) is 4.74 Å². The number of fused-ring (bicyclic) bond motifs is 3. The van der Waals surface area contributed by atoms with Crippen molar-refractivity contribution in [3.05, 3.63) is 101 Å². The normalized spacial score (nSPS) is 12.5. The second kappa shape index (κ2) is 10.8. The van der Waals surface area contributed by atoms with Crippen molar-refractivity contribution in [2.24, 2.45) is 0 Å². The highest BCUT2D eigenvalue weighted by Gasteiger charge is 2.28. The number of amides is 1. The van der Waals surface area contributed by atoms with Crippen LogP contribution in [0.3, 0.4) is 0 Å². The van der Waals surface area contributed by atoms with Crippen molar-refractivity contribution in [3.63, 3.8) is 0 Å². The number of alkyl carbamates (subject to hydrolysis) is 1. The first-order chi connectivity index (χ1) is 15.8. The number of ether oxygens (including phenoxy) is 1. The van der Waals surface area contributed by atoms with Gasteiger partial charge in [-0.15, -0.1) is 0 Å². The average Bonchev–Trinajstić information content (AvgIpc) is 3.16. The van der Waals surface area contributed by atoms with Gasteiger partial charge in [-0.05, 0) is 52.6 Å². The number of hydrogen-bond donors (Lipinski definition) is 1. The van der Waals surface area contributed by atoms with E-state index in [0.717, 1.165) is 12.8 Å². The molecule has 1 amide bonds. The Morgan fingerprint density at radius 2 is 1.59 bits per heavy atom. The Balaban J connectivity index is 1.22. The standard InChI is InChI=1S/C29H31NO2/c1-2-3-10-22-16-18-23(19-17-22)11-8-9-20-30-29(31)32-21-28-26-14-6-4-12-24(26)25-13-5-7-15-27(25)28/h4-8,11-19,28H,2-3,9-10,20-21H2,1H3,(H,30,31). The smallest absolute Gasteiger partial charge is 0.407 e. The minimum atomic E-state index is -0.361. The summed E-state index contributed by atoms with van der Waals surface area (Å²) in [5.41, 5.74) is 7.50. The van der Waals surface area contributed by atoms with Crippen molar-refractivity contribution in [1.82, 2.24) is 5.32 Å². The third-order valence-electron chi connectivity index (χ3n) is 6.03. The molecule has 164 valence electrons. The highest BCUT2D eigenvalue weighted by molar-refractivity contribution is 5.79. The van der Waals surface area contributed by atoms with Crippen LogP contribution in [0.4, 0.5) is 4.79 Å². The number of carbonyl (C=O) groups excluding carboxylic acids is 1. The molecule has 0 heterocycles. The Bertz CT molecular complexity index is 1020. The van der Waals surface area contributed by atoms with Crippen molar-refractivity contribution in [3.8, 4) is 11.1 Å². The molecule has 0 unspecified atom stereocenters. The molecule has 3 aromatic rings. The van der Waals surface area contributed by atoms with Crippen LogP contribution in [-0.2, 0) is 11.2 Å². The summed E-state index contributed by atoms with van der Waals surface area (Å²) in [7, 11) is 0. The van der Waals surface area contributed by atoms with Crippen LogP contribution in [0.15, 0.2) is 78.9 Å². The van der Waals surface area contributed by atoms with Crippen LogP contribution < -0.4 is 5.32 Å². The summed E-state index contributed by atoms with van der Waals surface area (Å²) in [6.45, 7) is 3.12. The number of nitrogens with one attached hydrogen (secondary N) is 1. The number of rotatable bonds is 9. The fourth-order valence-corrected chi connectivity index (χ4v) is 4.30. The van der Waals surface area contributed by atoms with E-state index in [0.29, 0.717) is 13.2 Å². The van der Waals surface area contributed by atoms with Gasteiger partial charge in [0.1, 0.15) is 6.61 Å². The second-order valence-corrected chi connectivity index (χ2v) is 8.29. The maximum Gasteiger partial charge on any atom is 0.407 e. The Kier molecular flexibility index (Phi) is 7.39. The number of benzene rings is 3. The van der Waals surface area contributed by atoms with Crippen LogP contribution in [0.2, 0.25) is 0 Å². The van der Waals surface area contributed by atoms with Gasteiger partial charge in [0.2, 0.25) is 0 Å². The first-order valence-electron chi connectivity index (χ1n) is 11.6. The Hall–Kier alpha value is -3.33. The largest absolute Gasteiger partial charge is 0.449 e. The fraction of sp³-hybridized carbons (Fsp3) is 0.276. The minimum Gasteiger partial charge on any atom is -0.449 e. The van der Waals surface area contributed by atoms with Crippen LogP contribution in [0.1, 0.15) is 54.4 Å². The Morgan fingerprint density at radius 3 is 2.25 bits per heavy atom. The topological polar surface area (TPSA) is 38.3 Å². The summed E-state index contributed by atoms with van der Waals surface area (Å²) in [6.07, 6.45) is 8.19. The first kappa shape index (κ1) is 21.9. The minimum absolute atomic E-state index is 0.0911. The molecule has 1 aliphatic carbocycles. The van der Waals surface area contributed by atoms with Crippen molar-refractivity contribution in [2.45, 2.75) is 38.5 Å². The molecular formula is C29H31NO2. The number of carbonyl (C=O) groups is 1. The fourth-order valence-electron chi connectivity index (χ4n) is 4.30. The Labute approximate surface area is 191 Å². The van der Waals surface area contributed by atoms with Gasteiger partial charge in [-0.25, -0.2) is 4.79 Å². The molecule has 0 atom stereocenters. The second-order valence-electron chi connectivity index (χ2n) is 8.29. The van der Waals surface area contributed by atoms with E-state index in [2.05, 4.69) is 85.1 Å². The van der Waals surface area contributed by atoms with Gasteiger partial charge in [-0.1, -0.05) is 98.3 Å². The van der Waals surface area contributed by atoms with Crippen molar-refractivity contribution in [2.75, 3.05) is 13.2 Å². The van der Waals surface area contributed by atoms with Crippen LogP contribution in [0.5, 0.6) is 0 Å². The molecule has 0 spiro atoms. The molecule has 0 aromatic heterocycles. The molecule has 32 heavy (non-hydrogen) atoms. The van der Waals surface area contributed by atoms with E-state index in [1.54, 1.807) is 0 Å². The average molecular weight is 426 g/mol. The molecule has 3 aromatic carbocycles. The zero-order valence-corrected chi connectivity index (χ0v) is 18.7. The molecule has 1 N–H and O–H groups in total. The number of unbranched alkanes of at least 4 members (excludes halogenated alkanes) is 1. The molecular weight excluding hydrogens is 394 g/mol. The molecule has 0 saturated heterocycles. The zero-order chi connectivity index (χ0) is 22.2. The molecule has 0 radical (unpaired) electrons. The maximum atomic E-state index is 12.2. The summed E-state index contributed by atoms with van der Waals surface area (Å²) >= 11 is 0. The van der Waals surface area contributed by atoms with Gasteiger partial charge >= 0.3 is 6.09 Å². The quantitative estimate of drug-likeness (QED) is 0.376. The summed E-state index contributed by atoms with van der Waals surface area (Å²) in [5.74, 6) is 0.0911. The summed E-state index contributed by atoms with van der Waals surface area (Å²) in [6, 6.07) is 25.4. The predicted molar refractivity (Wildman–Crippen MR) is 132 cm³/mol. The SMILES string of the molecule is CCCCc1ccc(C=CCCNC(=O)OCC2c3ccccc3-c3ccccc32)cc1.